The topological polar surface area (TPSA) is 49.9 Å². The molecule has 0 saturated carbocycles. The van der Waals surface area contributed by atoms with Gasteiger partial charge in [0.15, 0.2) is 0 Å². The highest BCUT2D eigenvalue weighted by Crippen LogP contribution is 2.23. The summed E-state index contributed by atoms with van der Waals surface area (Å²) in [4.78, 5) is 28.6. The standard InChI is InChI=1S/C21H24N2O3/c1-16-8-10-18(11-9-16)22-13-19(12-17-6-4-3-5-7-17)23(14-20(22)24)21(25)15-26-2/h3-11,19H,12-15H2,1-2H3/t19-/m0/s1. The molecule has 1 heterocycles. The number of anilines is 1. The van der Waals surface area contributed by atoms with E-state index in [0.29, 0.717) is 13.0 Å². The molecule has 0 aromatic heterocycles. The normalized spacial score (nSPS) is 17.5. The van der Waals surface area contributed by atoms with E-state index in [0.717, 1.165) is 16.8 Å². The van der Waals surface area contributed by atoms with Crippen LogP contribution in [0.25, 0.3) is 0 Å². The molecular weight excluding hydrogens is 328 g/mol. The SMILES string of the molecule is COCC(=O)N1CC(=O)N(c2ccc(C)cc2)C[C@@H]1Cc1ccccc1. The van der Waals surface area contributed by atoms with Crippen molar-refractivity contribution in [3.63, 3.8) is 0 Å². The number of carbonyl (C=O) groups is 2. The van der Waals surface area contributed by atoms with E-state index in [1.807, 2.05) is 61.5 Å². The van der Waals surface area contributed by atoms with Crippen LogP contribution in [0.2, 0.25) is 0 Å². The van der Waals surface area contributed by atoms with E-state index < -0.39 is 0 Å². The molecule has 26 heavy (non-hydrogen) atoms. The Morgan fingerprint density at radius 1 is 1.12 bits per heavy atom. The van der Waals surface area contributed by atoms with Gasteiger partial charge >= 0.3 is 0 Å². The van der Waals surface area contributed by atoms with Crippen LogP contribution in [0, 0.1) is 6.92 Å². The molecule has 1 atom stereocenters. The number of piperazine rings is 1. The van der Waals surface area contributed by atoms with Gasteiger partial charge in [-0.15, -0.1) is 0 Å². The van der Waals surface area contributed by atoms with Gasteiger partial charge in [0.05, 0.1) is 6.04 Å². The van der Waals surface area contributed by atoms with E-state index in [4.69, 9.17) is 4.74 Å². The minimum Gasteiger partial charge on any atom is -0.375 e. The Morgan fingerprint density at radius 3 is 2.46 bits per heavy atom. The number of rotatable bonds is 5. The first kappa shape index (κ1) is 18.1. The molecule has 1 saturated heterocycles. The molecule has 0 bridgehead atoms. The molecule has 2 aromatic carbocycles. The van der Waals surface area contributed by atoms with Gasteiger partial charge in [0.2, 0.25) is 11.8 Å². The molecule has 5 heteroatoms. The first-order valence-corrected chi connectivity index (χ1v) is 8.78. The van der Waals surface area contributed by atoms with E-state index in [2.05, 4.69) is 0 Å². The maximum Gasteiger partial charge on any atom is 0.249 e. The van der Waals surface area contributed by atoms with Crippen LogP contribution in [0.4, 0.5) is 5.69 Å². The van der Waals surface area contributed by atoms with Gasteiger partial charge in [-0.05, 0) is 31.0 Å². The number of nitrogens with zero attached hydrogens (tertiary/aromatic N) is 2. The van der Waals surface area contributed by atoms with E-state index in [1.54, 1.807) is 9.80 Å². The smallest absolute Gasteiger partial charge is 0.249 e. The van der Waals surface area contributed by atoms with Gasteiger partial charge in [-0.25, -0.2) is 0 Å². The Hall–Kier alpha value is -2.66. The Kier molecular flexibility index (Phi) is 5.68. The molecule has 3 rings (SSSR count). The highest BCUT2D eigenvalue weighted by atomic mass is 16.5. The van der Waals surface area contributed by atoms with E-state index >= 15 is 0 Å². The molecule has 0 spiro atoms. The van der Waals surface area contributed by atoms with Gasteiger partial charge in [0, 0.05) is 19.3 Å². The molecule has 2 aromatic rings. The van der Waals surface area contributed by atoms with Crippen molar-refractivity contribution in [2.24, 2.45) is 0 Å². The summed E-state index contributed by atoms with van der Waals surface area (Å²) in [6.45, 7) is 2.56. The molecule has 0 radical (unpaired) electrons. The van der Waals surface area contributed by atoms with Crippen molar-refractivity contribution in [3.05, 3.63) is 65.7 Å². The van der Waals surface area contributed by atoms with Crippen LogP contribution in [-0.2, 0) is 20.7 Å². The van der Waals surface area contributed by atoms with Crippen molar-refractivity contribution in [3.8, 4) is 0 Å². The fraction of sp³-hybridized carbons (Fsp3) is 0.333. The van der Waals surface area contributed by atoms with E-state index in [-0.39, 0.29) is 31.0 Å². The number of methoxy groups -OCH3 is 1. The van der Waals surface area contributed by atoms with Crippen molar-refractivity contribution in [2.75, 3.05) is 31.7 Å². The lowest BCUT2D eigenvalue weighted by Gasteiger charge is -2.41. The van der Waals surface area contributed by atoms with Crippen LogP contribution in [0.15, 0.2) is 54.6 Å². The van der Waals surface area contributed by atoms with Gasteiger partial charge in [-0.3, -0.25) is 9.59 Å². The molecule has 2 amide bonds. The summed E-state index contributed by atoms with van der Waals surface area (Å²) in [7, 11) is 1.49. The van der Waals surface area contributed by atoms with Crippen LogP contribution < -0.4 is 4.90 Å². The molecular formula is C21H24N2O3. The summed E-state index contributed by atoms with van der Waals surface area (Å²) in [6, 6.07) is 17.9. The Morgan fingerprint density at radius 2 is 1.81 bits per heavy atom. The third kappa shape index (κ3) is 4.11. The van der Waals surface area contributed by atoms with Gasteiger partial charge in [-0.2, -0.15) is 0 Å². The second-order valence-electron chi connectivity index (χ2n) is 6.64. The predicted molar refractivity (Wildman–Crippen MR) is 101 cm³/mol. The number of carbonyl (C=O) groups excluding carboxylic acids is 2. The Balaban J connectivity index is 1.85. The van der Waals surface area contributed by atoms with Crippen LogP contribution in [-0.4, -0.2) is 49.6 Å². The highest BCUT2D eigenvalue weighted by molar-refractivity contribution is 5.98. The number of benzene rings is 2. The van der Waals surface area contributed by atoms with Crippen molar-refractivity contribution >= 4 is 17.5 Å². The maximum absolute atomic E-state index is 12.7. The van der Waals surface area contributed by atoms with Crippen LogP contribution in [0.5, 0.6) is 0 Å². The summed E-state index contributed by atoms with van der Waals surface area (Å²) >= 11 is 0. The van der Waals surface area contributed by atoms with Crippen molar-refractivity contribution in [2.45, 2.75) is 19.4 Å². The number of amides is 2. The third-order valence-corrected chi connectivity index (χ3v) is 4.69. The van der Waals surface area contributed by atoms with Crippen molar-refractivity contribution in [1.82, 2.24) is 4.90 Å². The zero-order chi connectivity index (χ0) is 18.5. The molecule has 1 fully saturated rings. The lowest BCUT2D eigenvalue weighted by Crippen LogP contribution is -2.59. The highest BCUT2D eigenvalue weighted by Gasteiger charge is 2.35. The first-order chi connectivity index (χ1) is 12.6. The number of hydrogen-bond acceptors (Lipinski definition) is 3. The fourth-order valence-electron chi connectivity index (χ4n) is 3.30. The predicted octanol–water partition coefficient (Wildman–Crippen LogP) is 2.43. The van der Waals surface area contributed by atoms with Gasteiger partial charge in [0.1, 0.15) is 13.2 Å². The van der Waals surface area contributed by atoms with Gasteiger partial charge in [0.25, 0.3) is 0 Å². The lowest BCUT2D eigenvalue weighted by molar-refractivity contribution is -0.142. The quantitative estimate of drug-likeness (QED) is 0.830. The summed E-state index contributed by atoms with van der Waals surface area (Å²) in [6.07, 6.45) is 0.700. The Labute approximate surface area is 154 Å². The molecule has 1 aliphatic heterocycles. The second-order valence-corrected chi connectivity index (χ2v) is 6.64. The van der Waals surface area contributed by atoms with Crippen LogP contribution in [0.1, 0.15) is 11.1 Å². The van der Waals surface area contributed by atoms with Crippen molar-refractivity contribution < 1.29 is 14.3 Å². The molecule has 1 aliphatic rings. The van der Waals surface area contributed by atoms with E-state index in [9.17, 15) is 9.59 Å². The van der Waals surface area contributed by atoms with Crippen LogP contribution in [0.3, 0.4) is 0 Å². The molecule has 5 nitrogen and oxygen atoms in total. The third-order valence-electron chi connectivity index (χ3n) is 4.69. The van der Waals surface area contributed by atoms with E-state index in [1.165, 1.54) is 7.11 Å². The average molecular weight is 352 g/mol. The van der Waals surface area contributed by atoms with Gasteiger partial charge in [-0.1, -0.05) is 48.0 Å². The number of aryl methyl sites for hydroxylation is 1. The molecule has 0 aliphatic carbocycles. The average Bonchev–Trinajstić information content (AvgIpc) is 2.65. The number of hydrogen-bond donors (Lipinski definition) is 0. The summed E-state index contributed by atoms with van der Waals surface area (Å²) in [5.74, 6) is -0.215. The van der Waals surface area contributed by atoms with Gasteiger partial charge < -0.3 is 14.5 Å². The largest absolute Gasteiger partial charge is 0.375 e. The number of ether oxygens (including phenoxy) is 1. The lowest BCUT2D eigenvalue weighted by atomic mass is 10.0. The first-order valence-electron chi connectivity index (χ1n) is 8.78. The minimum atomic E-state index is -0.148. The summed E-state index contributed by atoms with van der Waals surface area (Å²) in [5, 5.41) is 0. The second kappa shape index (κ2) is 8.15. The summed E-state index contributed by atoms with van der Waals surface area (Å²) < 4.78 is 5.00. The zero-order valence-corrected chi connectivity index (χ0v) is 15.2. The fourth-order valence-corrected chi connectivity index (χ4v) is 3.30. The monoisotopic (exact) mass is 352 g/mol. The maximum atomic E-state index is 12.7. The molecule has 0 unspecified atom stereocenters. The minimum absolute atomic E-state index is 0.0108. The molecule has 0 N–H and O–H groups in total. The summed E-state index contributed by atoms with van der Waals surface area (Å²) in [5.41, 5.74) is 3.17. The van der Waals surface area contributed by atoms with Crippen molar-refractivity contribution in [1.29, 1.82) is 0 Å². The Bertz CT molecular complexity index is 759. The van der Waals surface area contributed by atoms with Crippen LogP contribution >= 0.6 is 0 Å². The molecule has 136 valence electrons. The zero-order valence-electron chi connectivity index (χ0n) is 15.2.